The van der Waals surface area contributed by atoms with Crippen molar-refractivity contribution in [3.8, 4) is 0 Å². The van der Waals surface area contributed by atoms with Gasteiger partial charge in [0.2, 0.25) is 0 Å². The molecule has 0 spiro atoms. The second-order valence-electron chi connectivity index (χ2n) is 5.99. The molecule has 3 rings (SSSR count). The zero-order valence-corrected chi connectivity index (χ0v) is 13.4. The average Bonchev–Trinajstić information content (AvgIpc) is 2.90. The number of hydrogen-bond donors (Lipinski definition) is 1. The van der Waals surface area contributed by atoms with Gasteiger partial charge in [-0.15, -0.1) is 0 Å². The Kier molecular flexibility index (Phi) is 4.87. The normalized spacial score (nSPS) is 12.9. The van der Waals surface area contributed by atoms with Gasteiger partial charge in [0.05, 0.1) is 30.0 Å². The summed E-state index contributed by atoms with van der Waals surface area (Å²) in [6, 6.07) is 12.2. The Labute approximate surface area is 139 Å². The first-order chi connectivity index (χ1) is 11.5. The van der Waals surface area contributed by atoms with Crippen LogP contribution in [0.4, 0.5) is 8.78 Å². The van der Waals surface area contributed by atoms with E-state index in [1.807, 2.05) is 42.3 Å². The Bertz CT molecular complexity index is 820. The summed E-state index contributed by atoms with van der Waals surface area (Å²) in [6.45, 7) is 1.45. The van der Waals surface area contributed by atoms with Crippen molar-refractivity contribution in [2.75, 3.05) is 13.6 Å². The molecule has 1 N–H and O–H groups in total. The number of aliphatic hydroxyl groups excluding tert-OH is 1. The van der Waals surface area contributed by atoms with E-state index in [0.717, 1.165) is 24.2 Å². The van der Waals surface area contributed by atoms with E-state index >= 15 is 0 Å². The van der Waals surface area contributed by atoms with Gasteiger partial charge in [0.15, 0.2) is 11.6 Å². The van der Waals surface area contributed by atoms with Crippen LogP contribution in [0.1, 0.15) is 5.56 Å². The predicted octanol–water partition coefficient (Wildman–Crippen LogP) is 2.81. The molecule has 0 saturated heterocycles. The van der Waals surface area contributed by atoms with E-state index in [9.17, 15) is 13.9 Å². The lowest BCUT2D eigenvalue weighted by molar-refractivity contribution is 0.108. The molecule has 4 nitrogen and oxygen atoms in total. The third-order valence-electron chi connectivity index (χ3n) is 3.89. The molecule has 0 fully saturated rings. The number of rotatable bonds is 6. The van der Waals surface area contributed by atoms with Crippen molar-refractivity contribution >= 4 is 11.0 Å². The van der Waals surface area contributed by atoms with Crippen LogP contribution < -0.4 is 0 Å². The maximum Gasteiger partial charge on any atom is 0.161 e. The fourth-order valence-electron chi connectivity index (χ4n) is 2.80. The van der Waals surface area contributed by atoms with Gasteiger partial charge in [0.25, 0.3) is 0 Å². The van der Waals surface area contributed by atoms with Crippen LogP contribution >= 0.6 is 0 Å². The number of aliphatic hydroxyl groups is 1. The molecule has 0 aliphatic rings. The topological polar surface area (TPSA) is 41.3 Å². The molecule has 24 heavy (non-hydrogen) atoms. The minimum absolute atomic E-state index is 0.265. The lowest BCUT2D eigenvalue weighted by Gasteiger charge is -2.21. The summed E-state index contributed by atoms with van der Waals surface area (Å²) >= 11 is 0. The zero-order valence-electron chi connectivity index (χ0n) is 13.4. The fourth-order valence-corrected chi connectivity index (χ4v) is 2.80. The second-order valence-corrected chi connectivity index (χ2v) is 5.99. The molecule has 6 heteroatoms. The molecular weight excluding hydrogens is 312 g/mol. The monoisotopic (exact) mass is 331 g/mol. The minimum atomic E-state index is -0.920. The Morgan fingerprint density at radius 3 is 2.62 bits per heavy atom. The number of aromatic nitrogens is 2. The fraction of sp³-hybridized carbons (Fsp3) is 0.278. The smallest absolute Gasteiger partial charge is 0.161 e. The predicted molar refractivity (Wildman–Crippen MR) is 88.4 cm³/mol. The van der Waals surface area contributed by atoms with Crippen molar-refractivity contribution in [3.63, 3.8) is 0 Å². The first kappa shape index (κ1) is 16.5. The summed E-state index contributed by atoms with van der Waals surface area (Å²) < 4.78 is 28.3. The van der Waals surface area contributed by atoms with Gasteiger partial charge in [-0.2, -0.15) is 0 Å². The van der Waals surface area contributed by atoms with Crippen molar-refractivity contribution in [1.82, 2.24) is 14.5 Å². The summed E-state index contributed by atoms with van der Waals surface area (Å²) in [5.41, 5.74) is 2.01. The lowest BCUT2D eigenvalue weighted by atomic mass is 10.2. The Balaban J connectivity index is 1.64. The molecule has 1 aromatic heterocycles. The van der Waals surface area contributed by atoms with Crippen molar-refractivity contribution in [2.24, 2.45) is 0 Å². The molecular formula is C18H19F2N3O. The van der Waals surface area contributed by atoms with Gasteiger partial charge >= 0.3 is 0 Å². The van der Waals surface area contributed by atoms with Crippen LogP contribution in [0, 0.1) is 11.6 Å². The number of benzene rings is 2. The SMILES string of the molecule is CN(Cc1ccccc1)CC(O)Cn1cnc2cc(F)c(F)cc21. The molecule has 1 atom stereocenters. The highest BCUT2D eigenvalue weighted by atomic mass is 19.2. The van der Waals surface area contributed by atoms with Gasteiger partial charge in [-0.05, 0) is 12.6 Å². The van der Waals surface area contributed by atoms with Crippen LogP contribution in [0.2, 0.25) is 0 Å². The van der Waals surface area contributed by atoms with E-state index in [4.69, 9.17) is 0 Å². The Morgan fingerprint density at radius 2 is 1.88 bits per heavy atom. The summed E-state index contributed by atoms with van der Waals surface area (Å²) in [6.07, 6.45) is 0.841. The van der Waals surface area contributed by atoms with Crippen LogP contribution in [0.3, 0.4) is 0 Å². The highest BCUT2D eigenvalue weighted by Gasteiger charge is 2.13. The quantitative estimate of drug-likeness (QED) is 0.755. The maximum absolute atomic E-state index is 13.4. The third-order valence-corrected chi connectivity index (χ3v) is 3.89. The molecule has 0 aliphatic heterocycles. The van der Waals surface area contributed by atoms with Gasteiger partial charge in [0.1, 0.15) is 0 Å². The van der Waals surface area contributed by atoms with Gasteiger partial charge in [-0.1, -0.05) is 30.3 Å². The van der Waals surface area contributed by atoms with Crippen molar-refractivity contribution in [2.45, 2.75) is 19.2 Å². The second kappa shape index (κ2) is 7.07. The van der Waals surface area contributed by atoms with Crippen LogP contribution in [0.25, 0.3) is 11.0 Å². The summed E-state index contributed by atoms with van der Waals surface area (Å²) in [5.74, 6) is -1.84. The number of likely N-dealkylation sites (N-methyl/N-ethyl adjacent to an activating group) is 1. The van der Waals surface area contributed by atoms with E-state index in [2.05, 4.69) is 4.98 Å². The van der Waals surface area contributed by atoms with Crippen LogP contribution in [-0.2, 0) is 13.1 Å². The molecule has 1 unspecified atom stereocenters. The highest BCUT2D eigenvalue weighted by molar-refractivity contribution is 5.75. The number of fused-ring (bicyclic) bond motifs is 1. The van der Waals surface area contributed by atoms with Crippen molar-refractivity contribution in [1.29, 1.82) is 0 Å². The first-order valence-electron chi connectivity index (χ1n) is 7.73. The van der Waals surface area contributed by atoms with Gasteiger partial charge in [-0.3, -0.25) is 4.90 Å². The van der Waals surface area contributed by atoms with Crippen LogP contribution in [0.5, 0.6) is 0 Å². The summed E-state index contributed by atoms with van der Waals surface area (Å²) in [5, 5.41) is 10.3. The zero-order chi connectivity index (χ0) is 17.1. The van der Waals surface area contributed by atoms with Crippen molar-refractivity contribution < 1.29 is 13.9 Å². The molecule has 0 amide bonds. The summed E-state index contributed by atoms with van der Waals surface area (Å²) in [4.78, 5) is 6.07. The van der Waals surface area contributed by atoms with Gasteiger partial charge in [0, 0.05) is 25.2 Å². The number of imidazole rings is 1. The molecule has 0 radical (unpaired) electrons. The first-order valence-corrected chi connectivity index (χ1v) is 7.73. The molecule has 126 valence electrons. The van der Waals surface area contributed by atoms with E-state index < -0.39 is 17.7 Å². The standard InChI is InChI=1S/C18H19F2N3O/c1-22(9-13-5-3-2-4-6-13)10-14(24)11-23-12-21-17-7-15(19)16(20)8-18(17)23/h2-8,12,14,24H,9-11H2,1H3. The van der Waals surface area contributed by atoms with E-state index in [1.54, 1.807) is 4.57 Å². The third kappa shape index (κ3) is 3.77. The Morgan fingerprint density at radius 1 is 1.17 bits per heavy atom. The van der Waals surface area contributed by atoms with E-state index in [1.165, 1.54) is 6.33 Å². The largest absolute Gasteiger partial charge is 0.390 e. The Hall–Kier alpha value is -2.31. The van der Waals surface area contributed by atoms with Gasteiger partial charge < -0.3 is 9.67 Å². The minimum Gasteiger partial charge on any atom is -0.390 e. The molecule has 2 aromatic carbocycles. The number of halogens is 2. The lowest BCUT2D eigenvalue weighted by Crippen LogP contribution is -2.31. The van der Waals surface area contributed by atoms with E-state index in [0.29, 0.717) is 17.6 Å². The summed E-state index contributed by atoms with van der Waals surface area (Å²) in [7, 11) is 1.93. The molecule has 3 aromatic rings. The molecule has 1 heterocycles. The number of hydrogen-bond acceptors (Lipinski definition) is 3. The highest BCUT2D eigenvalue weighted by Crippen LogP contribution is 2.18. The molecule has 0 aliphatic carbocycles. The van der Waals surface area contributed by atoms with Crippen LogP contribution in [-0.4, -0.2) is 39.3 Å². The average molecular weight is 331 g/mol. The van der Waals surface area contributed by atoms with Gasteiger partial charge in [-0.25, -0.2) is 13.8 Å². The maximum atomic E-state index is 13.4. The van der Waals surface area contributed by atoms with Crippen molar-refractivity contribution in [3.05, 3.63) is 66.0 Å². The number of nitrogens with zero attached hydrogens (tertiary/aromatic N) is 3. The molecule has 0 bridgehead atoms. The van der Waals surface area contributed by atoms with E-state index in [-0.39, 0.29) is 6.54 Å². The van der Waals surface area contributed by atoms with Crippen LogP contribution in [0.15, 0.2) is 48.8 Å². The molecule has 0 saturated carbocycles.